The highest BCUT2D eigenvalue weighted by molar-refractivity contribution is 9.10. The monoisotopic (exact) mass is 544 g/mol. The standard InChI is InChI=1S/C24H27BrF2N8/c1-16-14-17(29-22(28-16)34-12-8-24(26,27)9-13-34)18-15-35(32-31-18)19-2-3-20(25)30-21(19)33-10-6-23(4-5-23)7-11-33/h2-3,14-15H,4-13H2,1H3. The number of aryl methyl sites for hydroxylation is 1. The fraction of sp³-hybridized carbons (Fsp3) is 0.542. The minimum Gasteiger partial charge on any atom is -0.355 e. The van der Waals surface area contributed by atoms with Crippen molar-refractivity contribution in [3.63, 3.8) is 0 Å². The lowest BCUT2D eigenvalue weighted by Crippen LogP contribution is -2.40. The summed E-state index contributed by atoms with van der Waals surface area (Å²) in [6.45, 7) is 4.31. The van der Waals surface area contributed by atoms with Gasteiger partial charge >= 0.3 is 0 Å². The number of pyridine rings is 1. The molecule has 3 aromatic heterocycles. The van der Waals surface area contributed by atoms with E-state index in [1.807, 2.05) is 36.2 Å². The van der Waals surface area contributed by atoms with Crippen LogP contribution < -0.4 is 9.80 Å². The van der Waals surface area contributed by atoms with Crippen molar-refractivity contribution in [3.8, 4) is 17.1 Å². The van der Waals surface area contributed by atoms with Gasteiger partial charge in [-0.2, -0.15) is 0 Å². The van der Waals surface area contributed by atoms with Gasteiger partial charge in [0.25, 0.3) is 5.92 Å². The molecular formula is C24H27BrF2N8. The Bertz CT molecular complexity index is 1240. The number of hydrogen-bond acceptors (Lipinski definition) is 7. The molecule has 184 valence electrons. The molecule has 6 rings (SSSR count). The van der Waals surface area contributed by atoms with Gasteiger partial charge in [0.15, 0.2) is 5.82 Å². The number of nitrogens with zero attached hydrogens (tertiary/aromatic N) is 8. The molecule has 5 heterocycles. The third kappa shape index (κ3) is 4.62. The number of hydrogen-bond donors (Lipinski definition) is 0. The van der Waals surface area contributed by atoms with E-state index in [0.29, 0.717) is 22.8 Å². The summed E-state index contributed by atoms with van der Waals surface area (Å²) >= 11 is 3.52. The number of halogens is 3. The first kappa shape index (κ1) is 22.8. The van der Waals surface area contributed by atoms with Gasteiger partial charge in [-0.1, -0.05) is 5.21 Å². The first-order chi connectivity index (χ1) is 16.8. The largest absolute Gasteiger partial charge is 0.355 e. The van der Waals surface area contributed by atoms with Crippen LogP contribution in [0.25, 0.3) is 17.1 Å². The average Bonchev–Trinajstić information content (AvgIpc) is 3.39. The van der Waals surface area contributed by atoms with Gasteiger partial charge in [-0.15, -0.1) is 5.10 Å². The summed E-state index contributed by atoms with van der Waals surface area (Å²) in [5, 5.41) is 8.77. The first-order valence-electron chi connectivity index (χ1n) is 12.1. The summed E-state index contributed by atoms with van der Waals surface area (Å²) in [5.41, 5.74) is 3.42. The average molecular weight is 545 g/mol. The predicted molar refractivity (Wildman–Crippen MR) is 132 cm³/mol. The summed E-state index contributed by atoms with van der Waals surface area (Å²) in [7, 11) is 0. The lowest BCUT2D eigenvalue weighted by molar-refractivity contribution is -0.0222. The molecule has 3 aromatic rings. The van der Waals surface area contributed by atoms with E-state index < -0.39 is 5.92 Å². The van der Waals surface area contributed by atoms with Gasteiger partial charge in [-0.05, 0) is 72.2 Å². The van der Waals surface area contributed by atoms with Gasteiger partial charge in [0, 0.05) is 44.7 Å². The van der Waals surface area contributed by atoms with Crippen LogP contribution in [0.4, 0.5) is 20.5 Å². The van der Waals surface area contributed by atoms with Crippen LogP contribution in [0.3, 0.4) is 0 Å². The normalized spacial score (nSPS) is 20.9. The third-order valence-electron chi connectivity index (χ3n) is 7.52. The van der Waals surface area contributed by atoms with Crippen LogP contribution in [0, 0.1) is 12.3 Å². The molecule has 0 amide bonds. The maximum Gasteiger partial charge on any atom is 0.251 e. The van der Waals surface area contributed by atoms with Crippen molar-refractivity contribution in [1.82, 2.24) is 29.9 Å². The molecule has 0 atom stereocenters. The molecule has 0 radical (unpaired) electrons. The highest BCUT2D eigenvalue weighted by atomic mass is 79.9. The molecule has 35 heavy (non-hydrogen) atoms. The van der Waals surface area contributed by atoms with E-state index in [2.05, 4.69) is 41.1 Å². The molecule has 1 aliphatic carbocycles. The molecule has 1 saturated carbocycles. The Kier molecular flexibility index (Phi) is 5.50. The molecule has 0 bridgehead atoms. The summed E-state index contributed by atoms with van der Waals surface area (Å²) in [6, 6.07) is 5.75. The fourth-order valence-electron chi connectivity index (χ4n) is 5.06. The van der Waals surface area contributed by atoms with Gasteiger partial charge in [0.1, 0.15) is 16.0 Å². The summed E-state index contributed by atoms with van der Waals surface area (Å²) < 4.78 is 29.8. The SMILES string of the molecule is Cc1cc(-c2cn(-c3ccc(Br)nc3N3CCC4(CC3)CC4)nn2)nc(N2CCC(F)(F)CC2)n1. The van der Waals surface area contributed by atoms with Crippen LogP contribution in [0.15, 0.2) is 29.0 Å². The molecule has 0 aromatic carbocycles. The topological polar surface area (TPSA) is 75.9 Å². The zero-order valence-electron chi connectivity index (χ0n) is 19.6. The smallest absolute Gasteiger partial charge is 0.251 e. The molecule has 1 spiro atoms. The van der Waals surface area contributed by atoms with Crippen molar-refractivity contribution in [2.45, 2.75) is 51.4 Å². The van der Waals surface area contributed by atoms with Crippen LogP contribution in [-0.4, -0.2) is 62.0 Å². The molecule has 3 fully saturated rings. The van der Waals surface area contributed by atoms with Crippen LogP contribution in [0.5, 0.6) is 0 Å². The maximum atomic E-state index is 13.6. The van der Waals surface area contributed by atoms with E-state index in [0.717, 1.165) is 34.9 Å². The van der Waals surface area contributed by atoms with Crippen LogP contribution in [-0.2, 0) is 0 Å². The van der Waals surface area contributed by atoms with E-state index >= 15 is 0 Å². The molecule has 2 aliphatic heterocycles. The van der Waals surface area contributed by atoms with Gasteiger partial charge in [-0.3, -0.25) is 0 Å². The minimum absolute atomic E-state index is 0.188. The van der Waals surface area contributed by atoms with E-state index in [9.17, 15) is 8.78 Å². The number of alkyl halides is 2. The van der Waals surface area contributed by atoms with Crippen molar-refractivity contribution in [3.05, 3.63) is 34.7 Å². The molecule has 0 unspecified atom stereocenters. The van der Waals surface area contributed by atoms with Crippen molar-refractivity contribution < 1.29 is 8.78 Å². The second-order valence-electron chi connectivity index (χ2n) is 10.0. The Balaban J connectivity index is 1.28. The number of aromatic nitrogens is 6. The van der Waals surface area contributed by atoms with Crippen LogP contribution in [0.1, 0.15) is 44.2 Å². The Morgan fingerprint density at radius 2 is 1.57 bits per heavy atom. The second kappa shape index (κ2) is 8.46. The Morgan fingerprint density at radius 3 is 2.29 bits per heavy atom. The molecule has 11 heteroatoms. The van der Waals surface area contributed by atoms with E-state index in [1.165, 1.54) is 25.7 Å². The summed E-state index contributed by atoms with van der Waals surface area (Å²) in [6.07, 6.45) is 6.58. The zero-order valence-corrected chi connectivity index (χ0v) is 21.2. The quantitative estimate of drug-likeness (QED) is 0.436. The van der Waals surface area contributed by atoms with E-state index in [1.54, 1.807) is 4.68 Å². The van der Waals surface area contributed by atoms with Gasteiger partial charge < -0.3 is 9.80 Å². The maximum absolute atomic E-state index is 13.6. The Hall–Kier alpha value is -2.69. The summed E-state index contributed by atoms with van der Waals surface area (Å²) in [4.78, 5) is 18.1. The number of anilines is 2. The molecular weight excluding hydrogens is 518 g/mol. The fourth-order valence-corrected chi connectivity index (χ4v) is 5.36. The predicted octanol–water partition coefficient (Wildman–Crippen LogP) is 4.81. The third-order valence-corrected chi connectivity index (χ3v) is 7.97. The minimum atomic E-state index is -2.62. The first-order valence-corrected chi connectivity index (χ1v) is 12.9. The van der Waals surface area contributed by atoms with Gasteiger partial charge in [0.2, 0.25) is 5.95 Å². The second-order valence-corrected chi connectivity index (χ2v) is 10.9. The van der Waals surface area contributed by atoms with Crippen molar-refractivity contribution in [1.29, 1.82) is 0 Å². The molecule has 8 nitrogen and oxygen atoms in total. The highest BCUT2D eigenvalue weighted by Gasteiger charge is 2.44. The van der Waals surface area contributed by atoms with Crippen molar-refractivity contribution in [2.75, 3.05) is 36.0 Å². The van der Waals surface area contributed by atoms with Crippen LogP contribution in [0.2, 0.25) is 0 Å². The number of rotatable bonds is 4. The molecule has 3 aliphatic rings. The van der Waals surface area contributed by atoms with Gasteiger partial charge in [-0.25, -0.2) is 28.4 Å². The lowest BCUT2D eigenvalue weighted by atomic mass is 9.94. The molecule has 2 saturated heterocycles. The summed E-state index contributed by atoms with van der Waals surface area (Å²) in [5.74, 6) is -1.27. The van der Waals surface area contributed by atoms with Crippen molar-refractivity contribution in [2.24, 2.45) is 5.41 Å². The van der Waals surface area contributed by atoms with E-state index in [-0.39, 0.29) is 25.9 Å². The van der Waals surface area contributed by atoms with Crippen LogP contribution >= 0.6 is 15.9 Å². The lowest BCUT2D eigenvalue weighted by Gasteiger charge is -2.33. The number of piperidine rings is 2. The van der Waals surface area contributed by atoms with Crippen molar-refractivity contribution >= 4 is 27.7 Å². The molecule has 0 N–H and O–H groups in total. The Morgan fingerprint density at radius 1 is 0.857 bits per heavy atom. The van der Waals surface area contributed by atoms with E-state index in [4.69, 9.17) is 4.98 Å². The van der Waals surface area contributed by atoms with Gasteiger partial charge in [0.05, 0.1) is 11.9 Å². The highest BCUT2D eigenvalue weighted by Crippen LogP contribution is 2.54. The zero-order chi connectivity index (χ0) is 24.2. The Labute approximate surface area is 210 Å².